The highest BCUT2D eigenvalue weighted by Gasteiger charge is 2.08. The van der Waals surface area contributed by atoms with Gasteiger partial charge in [-0.3, -0.25) is 0 Å². The fourth-order valence-electron chi connectivity index (χ4n) is 1.03. The number of anilines is 2. The van der Waals surface area contributed by atoms with Gasteiger partial charge in [0.25, 0.3) is 0 Å². The molecule has 84 valence electrons. The van der Waals surface area contributed by atoms with E-state index in [2.05, 4.69) is 10.3 Å². The van der Waals surface area contributed by atoms with Gasteiger partial charge in [0, 0.05) is 26.3 Å². The van der Waals surface area contributed by atoms with Crippen molar-refractivity contribution in [2.75, 3.05) is 31.3 Å². The van der Waals surface area contributed by atoms with Crippen molar-refractivity contribution in [1.82, 2.24) is 4.98 Å². The van der Waals surface area contributed by atoms with Crippen molar-refractivity contribution in [1.29, 1.82) is 0 Å². The molecule has 0 unspecified atom stereocenters. The van der Waals surface area contributed by atoms with E-state index in [1.54, 1.807) is 7.11 Å². The van der Waals surface area contributed by atoms with Crippen molar-refractivity contribution < 1.29 is 13.5 Å². The van der Waals surface area contributed by atoms with E-state index >= 15 is 0 Å². The topological polar surface area (TPSA) is 60.2 Å². The molecule has 0 bridgehead atoms. The Kier molecular flexibility index (Phi) is 4.23. The highest BCUT2D eigenvalue weighted by Crippen LogP contribution is 2.16. The van der Waals surface area contributed by atoms with Gasteiger partial charge in [-0.15, -0.1) is 0 Å². The molecule has 0 spiro atoms. The first-order valence-electron chi connectivity index (χ1n) is 4.49. The zero-order valence-electron chi connectivity index (χ0n) is 8.39. The summed E-state index contributed by atoms with van der Waals surface area (Å²) in [4.78, 5) is 3.55. The van der Waals surface area contributed by atoms with Gasteiger partial charge in [-0.2, -0.15) is 0 Å². The molecule has 3 N–H and O–H groups in total. The second kappa shape index (κ2) is 5.45. The summed E-state index contributed by atoms with van der Waals surface area (Å²) in [5.41, 5.74) is 5.20. The summed E-state index contributed by atoms with van der Waals surface area (Å²) in [7, 11) is 1.58. The van der Waals surface area contributed by atoms with Crippen LogP contribution in [-0.4, -0.2) is 25.2 Å². The van der Waals surface area contributed by atoms with Crippen LogP contribution in [0.4, 0.5) is 20.4 Å². The standard InChI is InChI=1S/C9H13F2N3O/c1-15-4-2-3-13-9-7(11)5-6(10)8(12)14-9/h5H,2-4H2,1H3,(H3,12,13,14). The maximum Gasteiger partial charge on any atom is 0.168 e. The summed E-state index contributed by atoms with van der Waals surface area (Å²) in [6.07, 6.45) is 0.703. The minimum Gasteiger partial charge on any atom is -0.385 e. The van der Waals surface area contributed by atoms with Gasteiger partial charge in [0.05, 0.1) is 0 Å². The van der Waals surface area contributed by atoms with Gasteiger partial charge in [-0.05, 0) is 6.42 Å². The minimum atomic E-state index is -0.852. The normalized spacial score (nSPS) is 10.3. The molecule has 0 amide bonds. The lowest BCUT2D eigenvalue weighted by Gasteiger charge is -2.07. The number of aromatic nitrogens is 1. The third-order valence-electron chi connectivity index (χ3n) is 1.77. The Balaban J connectivity index is 2.57. The van der Waals surface area contributed by atoms with Crippen LogP contribution in [0.25, 0.3) is 0 Å². The highest BCUT2D eigenvalue weighted by atomic mass is 19.1. The van der Waals surface area contributed by atoms with E-state index in [1.807, 2.05) is 0 Å². The van der Waals surface area contributed by atoms with Crippen molar-refractivity contribution in [3.63, 3.8) is 0 Å². The molecule has 0 aromatic carbocycles. The SMILES string of the molecule is COCCCNc1nc(N)c(F)cc1F. The van der Waals surface area contributed by atoms with Crippen LogP contribution in [0.2, 0.25) is 0 Å². The number of nitrogen functional groups attached to an aromatic ring is 1. The number of nitrogens with one attached hydrogen (secondary N) is 1. The highest BCUT2D eigenvalue weighted by molar-refractivity contribution is 5.44. The van der Waals surface area contributed by atoms with Gasteiger partial charge < -0.3 is 15.8 Å². The minimum absolute atomic E-state index is 0.0370. The number of nitrogens with zero attached hydrogens (tertiary/aromatic N) is 1. The van der Waals surface area contributed by atoms with Crippen LogP contribution in [0.15, 0.2) is 6.07 Å². The number of hydrogen-bond acceptors (Lipinski definition) is 4. The molecule has 15 heavy (non-hydrogen) atoms. The summed E-state index contributed by atoms with van der Waals surface area (Å²) < 4.78 is 30.6. The van der Waals surface area contributed by atoms with Gasteiger partial charge in [0.2, 0.25) is 0 Å². The zero-order chi connectivity index (χ0) is 11.3. The molecule has 0 saturated heterocycles. The van der Waals surface area contributed by atoms with Gasteiger partial charge in [0.15, 0.2) is 23.3 Å². The van der Waals surface area contributed by atoms with Gasteiger partial charge in [-0.1, -0.05) is 0 Å². The zero-order valence-corrected chi connectivity index (χ0v) is 8.39. The third kappa shape index (κ3) is 3.32. The first-order valence-corrected chi connectivity index (χ1v) is 4.49. The number of halogens is 2. The van der Waals surface area contributed by atoms with Gasteiger partial charge in [0.1, 0.15) is 0 Å². The summed E-state index contributed by atoms with van der Waals surface area (Å²) in [6, 6.07) is 0.709. The Bertz CT molecular complexity index is 333. The molecule has 1 aromatic rings. The van der Waals surface area contributed by atoms with E-state index in [1.165, 1.54) is 0 Å². The Morgan fingerprint density at radius 2 is 2.20 bits per heavy atom. The Labute approximate surface area is 86.4 Å². The maximum atomic E-state index is 13.1. The monoisotopic (exact) mass is 217 g/mol. The first-order chi connectivity index (χ1) is 7.15. The summed E-state index contributed by atoms with van der Waals surface area (Å²) >= 11 is 0. The number of hydrogen-bond donors (Lipinski definition) is 2. The number of nitrogens with two attached hydrogens (primary N) is 1. The Morgan fingerprint density at radius 1 is 1.47 bits per heavy atom. The summed E-state index contributed by atoms with van der Waals surface area (Å²) in [5, 5.41) is 2.70. The van der Waals surface area contributed by atoms with Crippen LogP contribution >= 0.6 is 0 Å². The van der Waals surface area contributed by atoms with Gasteiger partial charge >= 0.3 is 0 Å². The first kappa shape index (κ1) is 11.6. The number of ether oxygens (including phenoxy) is 1. The van der Waals surface area contributed by atoms with Crippen LogP contribution in [-0.2, 0) is 4.74 Å². The summed E-state index contributed by atoms with van der Waals surface area (Å²) in [6.45, 7) is 1.05. The average molecular weight is 217 g/mol. The Morgan fingerprint density at radius 3 is 2.87 bits per heavy atom. The lowest BCUT2D eigenvalue weighted by molar-refractivity contribution is 0.197. The fraction of sp³-hybridized carbons (Fsp3) is 0.444. The molecule has 6 heteroatoms. The van der Waals surface area contributed by atoms with Crippen molar-refractivity contribution in [3.05, 3.63) is 17.7 Å². The fourth-order valence-corrected chi connectivity index (χ4v) is 1.03. The smallest absolute Gasteiger partial charge is 0.168 e. The predicted molar refractivity (Wildman–Crippen MR) is 53.5 cm³/mol. The van der Waals surface area contributed by atoms with Crippen LogP contribution in [0.3, 0.4) is 0 Å². The molecule has 0 aliphatic rings. The molecule has 1 heterocycles. The van der Waals surface area contributed by atoms with Crippen LogP contribution < -0.4 is 11.1 Å². The van der Waals surface area contributed by atoms with E-state index < -0.39 is 11.6 Å². The number of methoxy groups -OCH3 is 1. The van der Waals surface area contributed by atoms with Crippen molar-refractivity contribution in [3.8, 4) is 0 Å². The molecule has 0 aliphatic heterocycles. The lowest BCUT2D eigenvalue weighted by atomic mass is 10.4. The molecule has 1 rings (SSSR count). The number of pyridine rings is 1. The van der Waals surface area contributed by atoms with Gasteiger partial charge in [-0.25, -0.2) is 13.8 Å². The van der Waals surface area contributed by atoms with Crippen molar-refractivity contribution in [2.24, 2.45) is 0 Å². The predicted octanol–water partition coefficient (Wildman–Crippen LogP) is 1.39. The second-order valence-corrected chi connectivity index (χ2v) is 2.96. The molecular weight excluding hydrogens is 204 g/mol. The molecule has 0 aliphatic carbocycles. The van der Waals surface area contributed by atoms with Crippen molar-refractivity contribution in [2.45, 2.75) is 6.42 Å². The van der Waals surface area contributed by atoms with Crippen LogP contribution in [0, 0.1) is 11.6 Å². The van der Waals surface area contributed by atoms with E-state index in [9.17, 15) is 8.78 Å². The largest absolute Gasteiger partial charge is 0.385 e. The maximum absolute atomic E-state index is 13.1. The van der Waals surface area contributed by atoms with E-state index in [-0.39, 0.29) is 11.6 Å². The average Bonchev–Trinajstić information content (AvgIpc) is 2.20. The summed E-state index contributed by atoms with van der Waals surface area (Å²) in [5.74, 6) is -1.95. The van der Waals surface area contributed by atoms with E-state index in [0.29, 0.717) is 25.6 Å². The molecule has 1 aromatic heterocycles. The molecule has 0 radical (unpaired) electrons. The van der Waals surface area contributed by atoms with Crippen LogP contribution in [0.5, 0.6) is 0 Å². The molecular formula is C9H13F2N3O. The lowest BCUT2D eigenvalue weighted by Crippen LogP contribution is -2.09. The molecule has 0 saturated carbocycles. The van der Waals surface area contributed by atoms with E-state index in [4.69, 9.17) is 10.5 Å². The Hall–Kier alpha value is -1.43. The molecule has 0 fully saturated rings. The molecule has 4 nitrogen and oxygen atoms in total. The van der Waals surface area contributed by atoms with Crippen LogP contribution in [0.1, 0.15) is 6.42 Å². The van der Waals surface area contributed by atoms with E-state index in [0.717, 1.165) is 0 Å². The van der Waals surface area contributed by atoms with Crippen molar-refractivity contribution >= 4 is 11.6 Å². The second-order valence-electron chi connectivity index (χ2n) is 2.96. The number of rotatable bonds is 5. The quantitative estimate of drug-likeness (QED) is 0.732. The third-order valence-corrected chi connectivity index (χ3v) is 1.77. The molecule has 0 atom stereocenters.